The summed E-state index contributed by atoms with van der Waals surface area (Å²) in [6.07, 6.45) is -0.421. The highest BCUT2D eigenvalue weighted by molar-refractivity contribution is 7.18. The van der Waals surface area contributed by atoms with Gasteiger partial charge in [-0.3, -0.25) is 9.59 Å². The second kappa shape index (κ2) is 6.57. The average molecular weight is 342 g/mol. The maximum atomic E-state index is 12.3. The number of rotatable bonds is 4. The number of H-pyrrole nitrogens is 1. The van der Waals surface area contributed by atoms with Gasteiger partial charge in [0, 0.05) is 4.88 Å². The number of carbonyl (C=O) groups excluding carboxylic acids is 1. The molecule has 0 radical (unpaired) electrons. The van der Waals surface area contributed by atoms with Gasteiger partial charge in [0.05, 0.1) is 11.8 Å². The fourth-order valence-electron chi connectivity index (χ4n) is 2.52. The standard InChI is InChI=1S/C18H18N2O3S/c1-10-12(3)24-18-15(10)17(22)19-16(20-18)11(2)23-14(21)9-13-7-5-4-6-8-13/h4-8,11H,9H2,1-3H3,(H,19,20,22)/t11-/m1/s1. The predicted octanol–water partition coefficient (Wildman–Crippen LogP) is 3.45. The van der Waals surface area contributed by atoms with Crippen LogP contribution >= 0.6 is 11.3 Å². The Morgan fingerprint density at radius 2 is 2.00 bits per heavy atom. The first-order valence-electron chi connectivity index (χ1n) is 7.69. The van der Waals surface area contributed by atoms with Crippen LogP contribution in [0.4, 0.5) is 0 Å². The Morgan fingerprint density at radius 3 is 2.71 bits per heavy atom. The molecule has 24 heavy (non-hydrogen) atoms. The number of hydrogen-bond acceptors (Lipinski definition) is 5. The fraction of sp³-hybridized carbons (Fsp3) is 0.278. The molecule has 124 valence electrons. The van der Waals surface area contributed by atoms with Crippen molar-refractivity contribution >= 4 is 27.5 Å². The van der Waals surface area contributed by atoms with Crippen LogP contribution in [0.3, 0.4) is 0 Å². The van der Waals surface area contributed by atoms with E-state index in [1.165, 1.54) is 11.3 Å². The molecular weight excluding hydrogens is 324 g/mol. The van der Waals surface area contributed by atoms with Gasteiger partial charge in [-0.25, -0.2) is 4.98 Å². The highest BCUT2D eigenvalue weighted by atomic mass is 32.1. The number of thiophene rings is 1. The molecule has 0 aliphatic heterocycles. The minimum atomic E-state index is -0.610. The first-order valence-corrected chi connectivity index (χ1v) is 8.50. The lowest BCUT2D eigenvalue weighted by Gasteiger charge is -2.12. The summed E-state index contributed by atoms with van der Waals surface area (Å²) in [4.78, 5) is 33.3. The Balaban J connectivity index is 1.80. The Kier molecular flexibility index (Phi) is 4.49. The summed E-state index contributed by atoms with van der Waals surface area (Å²) >= 11 is 1.47. The van der Waals surface area contributed by atoms with E-state index in [9.17, 15) is 9.59 Å². The lowest BCUT2D eigenvalue weighted by molar-refractivity contribution is -0.148. The van der Waals surface area contributed by atoms with Crippen LogP contribution in [0.25, 0.3) is 10.2 Å². The van der Waals surface area contributed by atoms with Crippen molar-refractivity contribution in [2.24, 2.45) is 0 Å². The summed E-state index contributed by atoms with van der Waals surface area (Å²) < 4.78 is 5.41. The van der Waals surface area contributed by atoms with Crippen LogP contribution in [0, 0.1) is 13.8 Å². The lowest BCUT2D eigenvalue weighted by Crippen LogP contribution is -2.18. The van der Waals surface area contributed by atoms with Gasteiger partial charge in [0.25, 0.3) is 5.56 Å². The molecule has 2 aromatic heterocycles. The molecular formula is C18H18N2O3S. The molecule has 0 spiro atoms. The van der Waals surface area contributed by atoms with E-state index in [1.54, 1.807) is 6.92 Å². The zero-order valence-corrected chi connectivity index (χ0v) is 14.6. The van der Waals surface area contributed by atoms with Crippen molar-refractivity contribution in [3.63, 3.8) is 0 Å². The number of carbonyl (C=O) groups is 1. The third kappa shape index (κ3) is 3.23. The van der Waals surface area contributed by atoms with Gasteiger partial charge in [0.1, 0.15) is 4.83 Å². The van der Waals surface area contributed by atoms with E-state index in [4.69, 9.17) is 4.74 Å². The van der Waals surface area contributed by atoms with Gasteiger partial charge < -0.3 is 9.72 Å². The minimum absolute atomic E-state index is 0.189. The van der Waals surface area contributed by atoms with E-state index in [-0.39, 0.29) is 17.9 Å². The number of hydrogen-bond donors (Lipinski definition) is 1. The van der Waals surface area contributed by atoms with Gasteiger partial charge >= 0.3 is 5.97 Å². The second-order valence-corrected chi connectivity index (χ2v) is 6.91. The third-order valence-corrected chi connectivity index (χ3v) is 5.04. The molecule has 0 saturated carbocycles. The molecule has 3 aromatic rings. The van der Waals surface area contributed by atoms with Gasteiger partial charge in [-0.2, -0.15) is 0 Å². The number of aromatic nitrogens is 2. The van der Waals surface area contributed by atoms with E-state index >= 15 is 0 Å². The second-order valence-electron chi connectivity index (χ2n) is 5.71. The fourth-order valence-corrected chi connectivity index (χ4v) is 3.56. The molecule has 5 nitrogen and oxygen atoms in total. The number of aromatic amines is 1. The number of nitrogens with zero attached hydrogens (tertiary/aromatic N) is 1. The maximum Gasteiger partial charge on any atom is 0.310 e. The molecule has 0 fully saturated rings. The Morgan fingerprint density at radius 1 is 1.29 bits per heavy atom. The summed E-state index contributed by atoms with van der Waals surface area (Å²) in [5.74, 6) is 0.0187. The van der Waals surface area contributed by atoms with Gasteiger partial charge in [0.2, 0.25) is 0 Å². The molecule has 3 rings (SSSR count). The van der Waals surface area contributed by atoms with Crippen molar-refractivity contribution in [1.82, 2.24) is 9.97 Å². The van der Waals surface area contributed by atoms with Crippen molar-refractivity contribution in [2.45, 2.75) is 33.3 Å². The summed E-state index contributed by atoms with van der Waals surface area (Å²) in [7, 11) is 0. The first kappa shape index (κ1) is 16.4. The molecule has 2 heterocycles. The van der Waals surface area contributed by atoms with Crippen LogP contribution in [0.15, 0.2) is 35.1 Å². The monoisotopic (exact) mass is 342 g/mol. The lowest BCUT2D eigenvalue weighted by atomic mass is 10.1. The number of aryl methyl sites for hydroxylation is 2. The summed E-state index contributed by atoms with van der Waals surface area (Å²) in [5, 5.41) is 0.615. The van der Waals surface area contributed by atoms with Crippen molar-refractivity contribution in [3.8, 4) is 0 Å². The molecule has 6 heteroatoms. The topological polar surface area (TPSA) is 72.0 Å². The molecule has 0 bridgehead atoms. The SMILES string of the molecule is Cc1sc2nc([C@@H](C)OC(=O)Cc3ccccc3)[nH]c(=O)c2c1C. The highest BCUT2D eigenvalue weighted by Crippen LogP contribution is 2.26. The summed E-state index contributed by atoms with van der Waals surface area (Å²) in [6.45, 7) is 5.58. The molecule has 1 N–H and O–H groups in total. The zero-order valence-electron chi connectivity index (χ0n) is 13.8. The van der Waals surface area contributed by atoms with Crippen molar-refractivity contribution in [2.75, 3.05) is 0 Å². The molecule has 0 aliphatic carbocycles. The molecule has 0 aliphatic rings. The highest BCUT2D eigenvalue weighted by Gasteiger charge is 2.18. The molecule has 1 aromatic carbocycles. The van der Waals surface area contributed by atoms with Gasteiger partial charge in [-0.05, 0) is 31.9 Å². The number of esters is 1. The normalized spacial score (nSPS) is 12.3. The molecule has 0 saturated heterocycles. The number of ether oxygens (including phenoxy) is 1. The Hall–Kier alpha value is -2.47. The predicted molar refractivity (Wildman–Crippen MR) is 94.4 cm³/mol. The first-order chi connectivity index (χ1) is 11.5. The van der Waals surface area contributed by atoms with Gasteiger partial charge in [-0.1, -0.05) is 30.3 Å². The maximum absolute atomic E-state index is 12.3. The van der Waals surface area contributed by atoms with Crippen LogP contribution < -0.4 is 5.56 Å². The van der Waals surface area contributed by atoms with Crippen molar-refractivity contribution in [3.05, 3.63) is 62.5 Å². The smallest absolute Gasteiger partial charge is 0.310 e. The summed E-state index contributed by atoms with van der Waals surface area (Å²) in [5.41, 5.74) is 1.64. The van der Waals surface area contributed by atoms with Crippen LogP contribution in [0.2, 0.25) is 0 Å². The Labute approximate surface area is 143 Å². The number of fused-ring (bicyclic) bond motifs is 1. The minimum Gasteiger partial charge on any atom is -0.454 e. The van der Waals surface area contributed by atoms with Gasteiger partial charge in [0.15, 0.2) is 11.9 Å². The van der Waals surface area contributed by atoms with Crippen LogP contribution in [0.1, 0.15) is 34.9 Å². The van der Waals surface area contributed by atoms with E-state index in [0.29, 0.717) is 16.0 Å². The van der Waals surface area contributed by atoms with Crippen LogP contribution in [-0.2, 0) is 16.0 Å². The zero-order chi connectivity index (χ0) is 17.3. The average Bonchev–Trinajstić information content (AvgIpc) is 2.83. The largest absolute Gasteiger partial charge is 0.454 e. The van der Waals surface area contributed by atoms with Gasteiger partial charge in [-0.15, -0.1) is 11.3 Å². The molecule has 1 atom stereocenters. The Bertz CT molecular complexity index is 944. The third-order valence-electron chi connectivity index (χ3n) is 3.94. The van der Waals surface area contributed by atoms with E-state index in [1.807, 2.05) is 44.2 Å². The summed E-state index contributed by atoms with van der Waals surface area (Å²) in [6, 6.07) is 9.39. The van der Waals surface area contributed by atoms with Crippen LogP contribution in [-0.4, -0.2) is 15.9 Å². The van der Waals surface area contributed by atoms with E-state index < -0.39 is 6.10 Å². The van der Waals surface area contributed by atoms with Crippen LogP contribution in [0.5, 0.6) is 0 Å². The molecule has 0 amide bonds. The number of benzene rings is 1. The molecule has 0 unspecified atom stereocenters. The van der Waals surface area contributed by atoms with Crippen molar-refractivity contribution < 1.29 is 9.53 Å². The van der Waals surface area contributed by atoms with Crippen molar-refractivity contribution in [1.29, 1.82) is 0 Å². The number of nitrogens with one attached hydrogen (secondary N) is 1. The van der Waals surface area contributed by atoms with E-state index in [0.717, 1.165) is 16.0 Å². The quantitative estimate of drug-likeness (QED) is 0.737. The van der Waals surface area contributed by atoms with E-state index in [2.05, 4.69) is 9.97 Å².